The first-order chi connectivity index (χ1) is 29.5. The Morgan fingerprint density at radius 1 is 0.317 bits per heavy atom. The van der Waals surface area contributed by atoms with E-state index in [0.29, 0.717) is 0 Å². The topological polar surface area (TPSA) is 13.1 Å². The van der Waals surface area contributed by atoms with Gasteiger partial charge >= 0.3 is 0 Å². The van der Waals surface area contributed by atoms with Gasteiger partial charge in [0.15, 0.2) is 0 Å². The molecule has 1 aliphatic carbocycles. The molecule has 1 nitrogen and oxygen atoms in total. The Kier molecular flexibility index (Phi) is 6.85. The van der Waals surface area contributed by atoms with Gasteiger partial charge in [0.05, 0.1) is 0 Å². The zero-order valence-corrected chi connectivity index (χ0v) is 33.4. The minimum absolute atomic E-state index is 0.198. The van der Waals surface area contributed by atoms with Gasteiger partial charge in [0.2, 0.25) is 0 Å². The lowest BCUT2D eigenvalue weighted by atomic mass is 9.79. The van der Waals surface area contributed by atoms with Crippen LogP contribution in [-0.2, 0) is 5.41 Å². The summed E-state index contributed by atoms with van der Waals surface area (Å²) in [4.78, 5) is 0. The highest BCUT2D eigenvalue weighted by Crippen LogP contribution is 2.55. The largest absolute Gasteiger partial charge is 0.456 e. The standard InChI is InChI=1S/C59H38O/c1-59(2)56-43-16-6-4-13-36(43)26-28-49(56)50-29-30-51-52-34-40(27-31-53(52)60-58(51)57(50)59)38-22-23-39-33-41(25-24-37(39)32-38)54-45-17-7-9-19-47(45)55(48-20-10-8-18-46(48)54)44-21-11-14-35-12-3-5-15-42(35)44/h3-34H,1-2H3. The van der Waals surface area contributed by atoms with Gasteiger partial charge in [-0.05, 0) is 134 Å². The van der Waals surface area contributed by atoms with Crippen LogP contribution in [0.5, 0.6) is 0 Å². The molecule has 12 aromatic rings. The minimum Gasteiger partial charge on any atom is -0.456 e. The predicted molar refractivity (Wildman–Crippen MR) is 255 cm³/mol. The van der Waals surface area contributed by atoms with Gasteiger partial charge in [-0.25, -0.2) is 0 Å². The van der Waals surface area contributed by atoms with Crippen LogP contribution < -0.4 is 0 Å². The molecule has 1 heterocycles. The second kappa shape index (κ2) is 12.3. The first-order valence-corrected chi connectivity index (χ1v) is 21.0. The summed E-state index contributed by atoms with van der Waals surface area (Å²) < 4.78 is 6.80. The van der Waals surface area contributed by atoms with Gasteiger partial charge in [0, 0.05) is 21.8 Å². The fourth-order valence-corrected chi connectivity index (χ4v) is 10.9. The van der Waals surface area contributed by atoms with Crippen molar-refractivity contribution in [3.8, 4) is 44.5 Å². The lowest BCUT2D eigenvalue weighted by molar-refractivity contribution is 0.622. The molecule has 0 unspecified atom stereocenters. The molecule has 0 saturated heterocycles. The van der Waals surface area contributed by atoms with Crippen LogP contribution in [-0.4, -0.2) is 0 Å². The number of furan rings is 1. The third-order valence-electron chi connectivity index (χ3n) is 13.6. The highest BCUT2D eigenvalue weighted by atomic mass is 16.3. The Bertz CT molecular complexity index is 3740. The van der Waals surface area contributed by atoms with Gasteiger partial charge in [-0.15, -0.1) is 0 Å². The molecule has 0 bridgehead atoms. The first kappa shape index (κ1) is 33.5. The third kappa shape index (κ3) is 4.63. The van der Waals surface area contributed by atoms with Crippen molar-refractivity contribution in [2.45, 2.75) is 19.3 Å². The van der Waals surface area contributed by atoms with Gasteiger partial charge in [-0.3, -0.25) is 0 Å². The molecule has 0 atom stereocenters. The number of benzene rings is 11. The van der Waals surface area contributed by atoms with Crippen LogP contribution in [0, 0.1) is 0 Å². The maximum absolute atomic E-state index is 6.80. The second-order valence-corrected chi connectivity index (χ2v) is 17.2. The van der Waals surface area contributed by atoms with E-state index in [9.17, 15) is 0 Å². The second-order valence-electron chi connectivity index (χ2n) is 17.2. The molecular weight excluding hydrogens is 725 g/mol. The molecule has 0 saturated carbocycles. The van der Waals surface area contributed by atoms with E-state index in [1.165, 1.54) is 115 Å². The van der Waals surface area contributed by atoms with Crippen molar-refractivity contribution in [3.05, 3.63) is 205 Å². The maximum Gasteiger partial charge on any atom is 0.140 e. The summed E-state index contributed by atoms with van der Waals surface area (Å²) in [5, 5.41) is 15.0. The highest BCUT2D eigenvalue weighted by molar-refractivity contribution is 6.24. The van der Waals surface area contributed by atoms with Crippen molar-refractivity contribution in [1.29, 1.82) is 0 Å². The van der Waals surface area contributed by atoms with E-state index < -0.39 is 0 Å². The summed E-state index contributed by atoms with van der Waals surface area (Å²) in [6.45, 7) is 4.71. The number of hydrogen-bond donors (Lipinski definition) is 0. The van der Waals surface area contributed by atoms with E-state index in [4.69, 9.17) is 4.42 Å². The SMILES string of the molecule is CC1(C)c2c(ccc3ccccc23)-c2ccc3c(oc4ccc(-c5ccc6cc(-c7c8ccccc8c(-c8cccc9ccccc89)c8ccccc78)ccc6c5)cc43)c21. The van der Waals surface area contributed by atoms with Crippen molar-refractivity contribution in [1.82, 2.24) is 0 Å². The average Bonchev–Trinajstić information content (AvgIpc) is 3.78. The smallest absolute Gasteiger partial charge is 0.140 e. The summed E-state index contributed by atoms with van der Waals surface area (Å²) in [6.07, 6.45) is 0. The third-order valence-corrected chi connectivity index (χ3v) is 13.6. The molecule has 1 aromatic heterocycles. The number of rotatable bonds is 3. The van der Waals surface area contributed by atoms with Crippen LogP contribution in [0.1, 0.15) is 25.0 Å². The summed E-state index contributed by atoms with van der Waals surface area (Å²) in [5.74, 6) is 0. The Balaban J connectivity index is 0.925. The summed E-state index contributed by atoms with van der Waals surface area (Å²) >= 11 is 0. The number of hydrogen-bond acceptors (Lipinski definition) is 1. The van der Waals surface area contributed by atoms with Gasteiger partial charge < -0.3 is 4.42 Å². The van der Waals surface area contributed by atoms with Crippen molar-refractivity contribution in [3.63, 3.8) is 0 Å². The van der Waals surface area contributed by atoms with Gasteiger partial charge in [-0.2, -0.15) is 0 Å². The van der Waals surface area contributed by atoms with Crippen LogP contribution in [0.15, 0.2) is 199 Å². The van der Waals surface area contributed by atoms with E-state index in [-0.39, 0.29) is 5.41 Å². The normalized spacial score (nSPS) is 13.3. The zero-order valence-electron chi connectivity index (χ0n) is 33.4. The van der Waals surface area contributed by atoms with Crippen molar-refractivity contribution < 1.29 is 4.42 Å². The first-order valence-electron chi connectivity index (χ1n) is 21.0. The molecule has 0 aliphatic heterocycles. The quantitative estimate of drug-likeness (QED) is 0.163. The van der Waals surface area contributed by atoms with Crippen LogP contribution in [0.25, 0.3) is 120 Å². The fourth-order valence-electron chi connectivity index (χ4n) is 10.9. The van der Waals surface area contributed by atoms with Gasteiger partial charge in [0.1, 0.15) is 11.2 Å². The minimum atomic E-state index is -0.198. The number of fused-ring (bicyclic) bond motifs is 13. The van der Waals surface area contributed by atoms with E-state index in [2.05, 4.69) is 208 Å². The average molecular weight is 763 g/mol. The molecule has 0 amide bonds. The molecule has 0 spiro atoms. The molecule has 0 N–H and O–H groups in total. The molecule has 0 fully saturated rings. The van der Waals surface area contributed by atoms with Crippen molar-refractivity contribution in [2.75, 3.05) is 0 Å². The van der Waals surface area contributed by atoms with Crippen LogP contribution in [0.3, 0.4) is 0 Å². The van der Waals surface area contributed by atoms with E-state index in [1.54, 1.807) is 0 Å². The zero-order chi connectivity index (χ0) is 39.7. The molecular formula is C59H38O. The van der Waals surface area contributed by atoms with Crippen LogP contribution >= 0.6 is 0 Å². The molecule has 0 radical (unpaired) electrons. The van der Waals surface area contributed by atoms with E-state index in [0.717, 1.165) is 16.6 Å². The molecule has 1 aliphatic rings. The predicted octanol–water partition coefficient (Wildman–Crippen LogP) is 16.7. The Hall–Kier alpha value is -7.48. The Morgan fingerprint density at radius 2 is 0.833 bits per heavy atom. The summed E-state index contributed by atoms with van der Waals surface area (Å²) in [5.41, 5.74) is 14.5. The fraction of sp³-hybridized carbons (Fsp3) is 0.0508. The van der Waals surface area contributed by atoms with Crippen molar-refractivity contribution in [2.24, 2.45) is 0 Å². The Morgan fingerprint density at radius 3 is 1.57 bits per heavy atom. The molecule has 60 heavy (non-hydrogen) atoms. The molecule has 11 aromatic carbocycles. The monoisotopic (exact) mass is 762 g/mol. The molecule has 13 rings (SSSR count). The maximum atomic E-state index is 6.80. The van der Waals surface area contributed by atoms with Gasteiger partial charge in [-0.1, -0.05) is 178 Å². The van der Waals surface area contributed by atoms with Crippen LogP contribution in [0.2, 0.25) is 0 Å². The Labute approximate surface area is 347 Å². The lowest BCUT2D eigenvalue weighted by Crippen LogP contribution is -2.15. The lowest BCUT2D eigenvalue weighted by Gasteiger charge is -2.23. The summed E-state index contributed by atoms with van der Waals surface area (Å²) in [6, 6.07) is 71.8. The van der Waals surface area contributed by atoms with E-state index in [1.807, 2.05) is 0 Å². The molecule has 280 valence electrons. The highest BCUT2D eigenvalue weighted by Gasteiger charge is 2.39. The van der Waals surface area contributed by atoms with Crippen LogP contribution in [0.4, 0.5) is 0 Å². The van der Waals surface area contributed by atoms with Crippen molar-refractivity contribution >= 4 is 75.8 Å². The summed E-state index contributed by atoms with van der Waals surface area (Å²) in [7, 11) is 0. The van der Waals surface area contributed by atoms with Gasteiger partial charge in [0.25, 0.3) is 0 Å². The van der Waals surface area contributed by atoms with E-state index >= 15 is 0 Å². The molecule has 1 heteroatoms.